The van der Waals surface area contributed by atoms with Gasteiger partial charge < -0.3 is 19.3 Å². The van der Waals surface area contributed by atoms with Crippen LogP contribution in [0.15, 0.2) is 18.2 Å². The molecule has 1 aromatic carbocycles. The number of methoxy groups -OCH3 is 3. The van der Waals surface area contributed by atoms with Crippen molar-refractivity contribution in [1.82, 2.24) is 0 Å². The Labute approximate surface area is 95.8 Å². The van der Waals surface area contributed by atoms with Crippen LogP contribution < -0.4 is 9.47 Å². The summed E-state index contributed by atoms with van der Waals surface area (Å²) in [5.41, 5.74) is 0.663. The molecule has 0 heterocycles. The quantitative estimate of drug-likeness (QED) is 0.831. The average Bonchev–Trinajstić information content (AvgIpc) is 2.35. The Hall–Kier alpha value is -1.26. The molecule has 0 aliphatic rings. The summed E-state index contributed by atoms with van der Waals surface area (Å²) in [6.45, 7) is 1.80. The van der Waals surface area contributed by atoms with Gasteiger partial charge in [-0.25, -0.2) is 0 Å². The normalized spacial score (nSPS) is 14.3. The Balaban J connectivity index is 3.07. The summed E-state index contributed by atoms with van der Waals surface area (Å²) in [5.74, 6) is 1.30. The topological polar surface area (TPSA) is 47.9 Å². The van der Waals surface area contributed by atoms with Crippen molar-refractivity contribution in [3.8, 4) is 11.5 Å². The first-order valence-electron chi connectivity index (χ1n) is 5.06. The fourth-order valence-corrected chi connectivity index (χ4v) is 1.45. The molecule has 0 spiro atoms. The van der Waals surface area contributed by atoms with Gasteiger partial charge in [0.05, 0.1) is 20.3 Å². The first-order chi connectivity index (χ1) is 7.63. The lowest BCUT2D eigenvalue weighted by molar-refractivity contribution is -0.00258. The maximum absolute atomic E-state index is 10.1. The molecule has 0 aliphatic carbocycles. The third kappa shape index (κ3) is 2.65. The lowest BCUT2D eigenvalue weighted by Crippen LogP contribution is -2.17. The highest BCUT2D eigenvalue weighted by atomic mass is 16.5. The molecule has 0 bridgehead atoms. The first kappa shape index (κ1) is 12.8. The Morgan fingerprint density at radius 1 is 1.12 bits per heavy atom. The molecule has 0 fully saturated rings. The van der Waals surface area contributed by atoms with Crippen LogP contribution in [0.25, 0.3) is 0 Å². The van der Waals surface area contributed by atoms with E-state index in [1.54, 1.807) is 46.5 Å². The molecule has 90 valence electrons. The van der Waals surface area contributed by atoms with E-state index in [4.69, 9.17) is 14.2 Å². The lowest BCUT2D eigenvalue weighted by Gasteiger charge is -2.20. The van der Waals surface area contributed by atoms with Gasteiger partial charge in [-0.1, -0.05) is 0 Å². The zero-order valence-electron chi connectivity index (χ0n) is 10.1. The van der Waals surface area contributed by atoms with E-state index in [0.29, 0.717) is 17.1 Å². The second kappa shape index (κ2) is 5.72. The average molecular weight is 226 g/mol. The fraction of sp³-hybridized carbons (Fsp3) is 0.500. The van der Waals surface area contributed by atoms with Crippen molar-refractivity contribution in [3.63, 3.8) is 0 Å². The molecular weight excluding hydrogens is 208 g/mol. The van der Waals surface area contributed by atoms with E-state index in [-0.39, 0.29) is 6.10 Å². The summed E-state index contributed by atoms with van der Waals surface area (Å²) in [4.78, 5) is 0. The van der Waals surface area contributed by atoms with Crippen LogP contribution >= 0.6 is 0 Å². The molecule has 0 amide bonds. The SMILES string of the molecule is COc1ccc(OC)c(C(O)C(C)OC)c1. The van der Waals surface area contributed by atoms with Crippen LogP contribution in [0.5, 0.6) is 11.5 Å². The van der Waals surface area contributed by atoms with E-state index in [2.05, 4.69) is 0 Å². The molecule has 2 unspecified atom stereocenters. The van der Waals surface area contributed by atoms with Crippen LogP contribution in [-0.4, -0.2) is 32.5 Å². The standard InChI is InChI=1S/C12H18O4/c1-8(14-2)12(13)10-7-9(15-3)5-6-11(10)16-4/h5-8,12-13H,1-4H3. The van der Waals surface area contributed by atoms with Crippen molar-refractivity contribution in [2.75, 3.05) is 21.3 Å². The van der Waals surface area contributed by atoms with Gasteiger partial charge in [0, 0.05) is 12.7 Å². The van der Waals surface area contributed by atoms with Gasteiger partial charge in [-0.15, -0.1) is 0 Å². The fourth-order valence-electron chi connectivity index (χ4n) is 1.45. The van der Waals surface area contributed by atoms with Crippen molar-refractivity contribution >= 4 is 0 Å². The van der Waals surface area contributed by atoms with Crippen LogP contribution in [0.3, 0.4) is 0 Å². The number of hydrogen-bond acceptors (Lipinski definition) is 4. The second-order valence-electron chi connectivity index (χ2n) is 3.49. The zero-order valence-corrected chi connectivity index (χ0v) is 10.1. The van der Waals surface area contributed by atoms with Crippen LogP contribution in [-0.2, 0) is 4.74 Å². The van der Waals surface area contributed by atoms with Gasteiger partial charge >= 0.3 is 0 Å². The van der Waals surface area contributed by atoms with Crippen LogP contribution in [0, 0.1) is 0 Å². The largest absolute Gasteiger partial charge is 0.497 e. The van der Waals surface area contributed by atoms with Gasteiger partial charge in [0.2, 0.25) is 0 Å². The van der Waals surface area contributed by atoms with Crippen LogP contribution in [0.4, 0.5) is 0 Å². The minimum Gasteiger partial charge on any atom is -0.497 e. The molecule has 0 saturated carbocycles. The van der Waals surface area contributed by atoms with Crippen molar-refractivity contribution in [3.05, 3.63) is 23.8 Å². The van der Waals surface area contributed by atoms with Crippen molar-refractivity contribution < 1.29 is 19.3 Å². The van der Waals surface area contributed by atoms with Crippen molar-refractivity contribution in [2.24, 2.45) is 0 Å². The maximum atomic E-state index is 10.1. The highest BCUT2D eigenvalue weighted by Gasteiger charge is 2.20. The Morgan fingerprint density at radius 3 is 2.31 bits per heavy atom. The minimum absolute atomic E-state index is 0.305. The molecule has 2 atom stereocenters. The maximum Gasteiger partial charge on any atom is 0.125 e. The van der Waals surface area contributed by atoms with Gasteiger partial charge in [0.15, 0.2) is 0 Å². The van der Waals surface area contributed by atoms with E-state index in [1.165, 1.54) is 0 Å². The van der Waals surface area contributed by atoms with Gasteiger partial charge in [-0.2, -0.15) is 0 Å². The third-order valence-corrected chi connectivity index (χ3v) is 2.57. The molecule has 16 heavy (non-hydrogen) atoms. The predicted octanol–water partition coefficient (Wildman–Crippen LogP) is 1.77. The summed E-state index contributed by atoms with van der Waals surface area (Å²) in [7, 11) is 4.70. The van der Waals surface area contributed by atoms with E-state index in [1.807, 2.05) is 0 Å². The Bertz CT molecular complexity index is 338. The van der Waals surface area contributed by atoms with Gasteiger partial charge in [-0.05, 0) is 25.1 Å². The minimum atomic E-state index is -0.741. The zero-order chi connectivity index (χ0) is 12.1. The van der Waals surface area contributed by atoms with Gasteiger partial charge in [0.1, 0.15) is 17.6 Å². The van der Waals surface area contributed by atoms with E-state index in [0.717, 1.165) is 0 Å². The first-order valence-corrected chi connectivity index (χ1v) is 5.06. The summed E-state index contributed by atoms with van der Waals surface area (Å²) in [6, 6.07) is 5.30. The van der Waals surface area contributed by atoms with Crippen molar-refractivity contribution in [2.45, 2.75) is 19.1 Å². The number of rotatable bonds is 5. The van der Waals surface area contributed by atoms with Crippen molar-refractivity contribution in [1.29, 1.82) is 0 Å². The molecule has 0 aliphatic heterocycles. The molecule has 0 aromatic heterocycles. The summed E-state index contributed by atoms with van der Waals surface area (Å²) >= 11 is 0. The predicted molar refractivity (Wildman–Crippen MR) is 61.0 cm³/mol. The van der Waals surface area contributed by atoms with Gasteiger partial charge in [0.25, 0.3) is 0 Å². The monoisotopic (exact) mass is 226 g/mol. The van der Waals surface area contributed by atoms with E-state index in [9.17, 15) is 5.11 Å². The second-order valence-corrected chi connectivity index (χ2v) is 3.49. The number of ether oxygens (including phenoxy) is 3. The van der Waals surface area contributed by atoms with Crippen LogP contribution in [0.2, 0.25) is 0 Å². The molecular formula is C12H18O4. The highest BCUT2D eigenvalue weighted by molar-refractivity contribution is 5.42. The molecule has 1 N–H and O–H groups in total. The number of aliphatic hydroxyl groups is 1. The summed E-state index contributed by atoms with van der Waals surface area (Å²) < 4.78 is 15.4. The summed E-state index contributed by atoms with van der Waals surface area (Å²) in [6.07, 6.45) is -1.05. The van der Waals surface area contributed by atoms with E-state index < -0.39 is 6.10 Å². The number of aliphatic hydroxyl groups excluding tert-OH is 1. The molecule has 4 heteroatoms. The molecule has 0 saturated heterocycles. The smallest absolute Gasteiger partial charge is 0.125 e. The van der Waals surface area contributed by atoms with Crippen LogP contribution in [0.1, 0.15) is 18.6 Å². The number of hydrogen-bond donors (Lipinski definition) is 1. The number of benzene rings is 1. The molecule has 1 aromatic rings. The lowest BCUT2D eigenvalue weighted by atomic mass is 10.0. The molecule has 4 nitrogen and oxygen atoms in total. The third-order valence-electron chi connectivity index (χ3n) is 2.57. The highest BCUT2D eigenvalue weighted by Crippen LogP contribution is 2.31. The van der Waals surface area contributed by atoms with Gasteiger partial charge in [-0.3, -0.25) is 0 Å². The summed E-state index contributed by atoms with van der Waals surface area (Å²) in [5, 5.41) is 10.1. The Kier molecular flexibility index (Phi) is 4.58. The van der Waals surface area contributed by atoms with E-state index >= 15 is 0 Å². The Morgan fingerprint density at radius 2 is 1.81 bits per heavy atom. The molecule has 1 rings (SSSR count). The molecule has 0 radical (unpaired) electrons.